The number of nitrogens with zero attached hydrogens (tertiary/aromatic N) is 1. The van der Waals surface area contributed by atoms with Gasteiger partial charge in [-0.2, -0.15) is 0 Å². The molecule has 3 aliphatic rings. The fourth-order valence-electron chi connectivity index (χ4n) is 7.38. The average molecular weight is 449 g/mol. The molecular formula is C29H37FN2O. The molecule has 0 bridgehead atoms. The van der Waals surface area contributed by atoms with Gasteiger partial charge >= 0.3 is 0 Å². The Morgan fingerprint density at radius 2 is 2.15 bits per heavy atom. The van der Waals surface area contributed by atoms with Crippen molar-refractivity contribution in [2.75, 3.05) is 5.32 Å². The second-order valence-electron chi connectivity index (χ2n) is 10.9. The molecule has 5 atom stereocenters. The molecule has 5 rings (SSSR count). The lowest BCUT2D eigenvalue weighted by Crippen LogP contribution is -2.42. The van der Waals surface area contributed by atoms with Crippen molar-refractivity contribution in [1.82, 2.24) is 4.98 Å². The highest BCUT2D eigenvalue weighted by molar-refractivity contribution is 5.89. The molecule has 2 fully saturated rings. The summed E-state index contributed by atoms with van der Waals surface area (Å²) in [6.45, 7) is 8.96. The number of aryl methyl sites for hydroxylation is 2. The molecule has 3 unspecified atom stereocenters. The first kappa shape index (κ1) is 22.3. The van der Waals surface area contributed by atoms with E-state index in [-0.39, 0.29) is 18.6 Å². The summed E-state index contributed by atoms with van der Waals surface area (Å²) in [5.74, 6) is 2.94. The number of hydrogen-bond acceptors (Lipinski definition) is 2. The van der Waals surface area contributed by atoms with Crippen molar-refractivity contribution in [2.24, 2.45) is 23.2 Å². The normalized spacial score (nSPS) is 30.3. The number of amides is 1. The first-order valence-corrected chi connectivity index (χ1v) is 12.5. The number of carbonyl (C=O) groups excluding carboxylic acids is 1. The number of hydrogen-bond donors (Lipinski definition) is 1. The number of anilines is 1. The lowest BCUT2D eigenvalue weighted by atomic mass is 9.53. The predicted octanol–water partition coefficient (Wildman–Crippen LogP) is 7.22. The highest BCUT2D eigenvalue weighted by atomic mass is 19.1. The van der Waals surface area contributed by atoms with Crippen molar-refractivity contribution in [2.45, 2.75) is 71.1 Å². The molecule has 1 N–H and O–H groups in total. The van der Waals surface area contributed by atoms with Crippen LogP contribution in [-0.2, 0) is 11.2 Å². The van der Waals surface area contributed by atoms with E-state index in [9.17, 15) is 9.18 Å². The van der Waals surface area contributed by atoms with Crippen LogP contribution in [0.1, 0.15) is 75.9 Å². The van der Waals surface area contributed by atoms with Crippen LogP contribution < -0.4 is 5.32 Å². The number of halogens is 1. The van der Waals surface area contributed by atoms with Gasteiger partial charge in [0.2, 0.25) is 5.91 Å². The molecule has 3 nitrogen and oxygen atoms in total. The largest absolute Gasteiger partial charge is 0.311 e. The van der Waals surface area contributed by atoms with Gasteiger partial charge in [0.05, 0.1) is 0 Å². The van der Waals surface area contributed by atoms with Crippen LogP contribution in [0.25, 0.3) is 0 Å². The third kappa shape index (κ3) is 4.13. The molecule has 4 heteroatoms. The quantitative estimate of drug-likeness (QED) is 0.491. The summed E-state index contributed by atoms with van der Waals surface area (Å²) in [7, 11) is 0. The molecule has 0 saturated heterocycles. The minimum Gasteiger partial charge on any atom is -0.311 e. The molecule has 2 saturated carbocycles. The molecule has 1 heterocycles. The second-order valence-corrected chi connectivity index (χ2v) is 10.9. The number of fused-ring (bicyclic) bond motifs is 5. The smallest absolute Gasteiger partial charge is 0.225 e. The summed E-state index contributed by atoms with van der Waals surface area (Å²) in [6.07, 6.45) is 9.76. The fourth-order valence-corrected chi connectivity index (χ4v) is 7.38. The summed E-state index contributed by atoms with van der Waals surface area (Å²) in [6, 6.07) is 9.27. The maximum Gasteiger partial charge on any atom is 0.225 e. The lowest BCUT2D eigenvalue weighted by molar-refractivity contribution is -0.116. The topological polar surface area (TPSA) is 42.0 Å². The summed E-state index contributed by atoms with van der Waals surface area (Å²) in [4.78, 5) is 16.7. The number of rotatable bonds is 5. The zero-order valence-electron chi connectivity index (χ0n) is 19.9. The van der Waals surface area contributed by atoms with Crippen LogP contribution in [0.4, 0.5) is 10.2 Å². The third-order valence-electron chi connectivity index (χ3n) is 8.93. The van der Waals surface area contributed by atoms with Gasteiger partial charge in [-0.15, -0.1) is 0 Å². The molecule has 1 aromatic heterocycles. The van der Waals surface area contributed by atoms with Crippen LogP contribution in [0.3, 0.4) is 0 Å². The van der Waals surface area contributed by atoms with Gasteiger partial charge in [0, 0.05) is 14.0 Å². The van der Waals surface area contributed by atoms with Gasteiger partial charge in [-0.25, -0.2) is 9.37 Å². The first-order chi connectivity index (χ1) is 15.8. The van der Waals surface area contributed by atoms with Gasteiger partial charge in [0.15, 0.2) is 0 Å². The van der Waals surface area contributed by atoms with Gasteiger partial charge in [0.1, 0.15) is 11.6 Å². The van der Waals surface area contributed by atoms with Gasteiger partial charge in [-0.05, 0) is 122 Å². The Kier molecular flexibility index (Phi) is 5.88. The van der Waals surface area contributed by atoms with E-state index in [1.807, 2.05) is 25.1 Å². The van der Waals surface area contributed by atoms with Gasteiger partial charge in [0.25, 0.3) is 0 Å². The molecule has 0 aliphatic heterocycles. The van der Waals surface area contributed by atoms with Crippen LogP contribution in [0.15, 0.2) is 48.7 Å². The number of nitrogens with one attached hydrogen (secondary N) is 1. The van der Waals surface area contributed by atoms with Gasteiger partial charge < -0.3 is 5.32 Å². The van der Waals surface area contributed by atoms with Gasteiger partial charge in [-0.1, -0.05) is 25.1 Å². The Labute approximate surface area is 198 Å². The number of allylic oxidation sites excluding steroid dienone is 1. The molecule has 2 aromatic rings. The molecule has 1 amide bonds. The Bertz CT molecular complexity index is 1090. The SMILES string of the molecule is C=C1C[C@@H](CCCC(=O)Nc2cc(C)ccn2)C2C3CCc4cc(F)ccc4C3CC[C@]12C.[HH]. The minimum atomic E-state index is -0.112. The predicted molar refractivity (Wildman–Crippen MR) is 133 cm³/mol. The molecular weight excluding hydrogens is 411 g/mol. The number of benzene rings is 1. The molecule has 33 heavy (non-hydrogen) atoms. The summed E-state index contributed by atoms with van der Waals surface area (Å²) in [5.41, 5.74) is 5.31. The maximum atomic E-state index is 13.8. The van der Waals surface area contributed by atoms with Crippen molar-refractivity contribution in [3.8, 4) is 0 Å². The minimum absolute atomic E-state index is 0. The Morgan fingerprint density at radius 1 is 1.30 bits per heavy atom. The maximum absolute atomic E-state index is 13.8. The molecule has 0 radical (unpaired) electrons. The standard InChI is InChI=1S/C29H35FN2O.H2/c1-18-12-14-31-26(15-18)32-27(33)6-4-5-21-16-19(2)29(3)13-11-24-23-10-8-22(30)17-20(23)7-9-25(24)28(21)29;/h8,10,12,14-15,17,21,24-25,28H,2,4-7,9,11,13,16H2,1,3H3,(H,31,32,33);1H/t21-,24?,25?,28?,29-;/m1./s1. The third-order valence-corrected chi connectivity index (χ3v) is 8.93. The second kappa shape index (κ2) is 8.70. The molecule has 0 spiro atoms. The van der Waals surface area contributed by atoms with Crippen LogP contribution in [-0.4, -0.2) is 10.9 Å². The zero-order chi connectivity index (χ0) is 23.2. The fraction of sp³-hybridized carbons (Fsp3) is 0.517. The van der Waals surface area contributed by atoms with Crippen molar-refractivity contribution < 1.29 is 10.6 Å². The van der Waals surface area contributed by atoms with Crippen molar-refractivity contribution >= 4 is 11.7 Å². The first-order valence-electron chi connectivity index (χ1n) is 12.5. The molecule has 3 aliphatic carbocycles. The summed E-state index contributed by atoms with van der Waals surface area (Å²) in [5, 5.41) is 2.94. The van der Waals surface area contributed by atoms with Gasteiger partial charge in [-0.3, -0.25) is 4.79 Å². The van der Waals surface area contributed by atoms with Crippen LogP contribution in [0.2, 0.25) is 0 Å². The lowest BCUT2D eigenvalue weighted by Gasteiger charge is -2.51. The monoisotopic (exact) mass is 448 g/mol. The van der Waals surface area contributed by atoms with E-state index >= 15 is 0 Å². The van der Waals surface area contributed by atoms with E-state index in [2.05, 4.69) is 23.8 Å². The molecule has 176 valence electrons. The van der Waals surface area contributed by atoms with Crippen molar-refractivity contribution in [3.63, 3.8) is 0 Å². The number of pyridine rings is 1. The van der Waals surface area contributed by atoms with Crippen molar-refractivity contribution in [1.29, 1.82) is 0 Å². The van der Waals surface area contributed by atoms with E-state index in [0.29, 0.717) is 35.9 Å². The molecule has 1 aromatic carbocycles. The van der Waals surface area contributed by atoms with E-state index < -0.39 is 0 Å². The Hall–Kier alpha value is -2.49. The van der Waals surface area contributed by atoms with Crippen LogP contribution in [0.5, 0.6) is 0 Å². The van der Waals surface area contributed by atoms with Crippen LogP contribution in [0, 0.1) is 35.9 Å². The zero-order valence-corrected chi connectivity index (χ0v) is 19.9. The van der Waals surface area contributed by atoms with E-state index in [1.165, 1.54) is 29.5 Å². The average Bonchev–Trinajstić information content (AvgIpc) is 3.03. The summed E-state index contributed by atoms with van der Waals surface area (Å²) >= 11 is 0. The Balaban J connectivity index is 0.00000274. The van der Waals surface area contributed by atoms with Crippen molar-refractivity contribution in [3.05, 3.63) is 71.2 Å². The van der Waals surface area contributed by atoms with E-state index in [4.69, 9.17) is 0 Å². The highest BCUT2D eigenvalue weighted by Gasteiger charge is 2.55. The summed E-state index contributed by atoms with van der Waals surface area (Å²) < 4.78 is 13.8. The number of carbonyl (C=O) groups is 1. The number of aromatic nitrogens is 1. The van der Waals surface area contributed by atoms with E-state index in [1.54, 1.807) is 18.3 Å². The highest BCUT2D eigenvalue weighted by Crippen LogP contribution is 2.65. The van der Waals surface area contributed by atoms with Crippen LogP contribution >= 0.6 is 0 Å². The Morgan fingerprint density at radius 3 is 2.97 bits per heavy atom. The van der Waals surface area contributed by atoms with E-state index in [0.717, 1.165) is 37.7 Å².